The Labute approximate surface area is 73.0 Å². The molecule has 0 saturated heterocycles. The van der Waals surface area contributed by atoms with Crippen LogP contribution in [0.15, 0.2) is 6.33 Å². The Hall–Kier alpha value is -1.06. The molecule has 1 aromatic rings. The minimum absolute atomic E-state index is 0.124. The van der Waals surface area contributed by atoms with Gasteiger partial charge in [0.25, 0.3) is 0 Å². The Morgan fingerprint density at radius 3 is 2.50 bits per heavy atom. The van der Waals surface area contributed by atoms with Crippen LogP contribution in [0.3, 0.4) is 0 Å². The lowest BCUT2D eigenvalue weighted by molar-refractivity contribution is 0.107. The molecule has 62 valence electrons. The second-order valence-electron chi connectivity index (χ2n) is 3.74. The molecule has 0 spiro atoms. The van der Waals surface area contributed by atoms with Crippen LogP contribution in [0.4, 0.5) is 0 Å². The monoisotopic (exact) mass is 162 g/mol. The molecule has 0 aliphatic rings. The van der Waals surface area contributed by atoms with E-state index in [9.17, 15) is 4.79 Å². The van der Waals surface area contributed by atoms with Crippen molar-refractivity contribution in [3.63, 3.8) is 0 Å². The summed E-state index contributed by atoms with van der Waals surface area (Å²) in [4.78, 5) is 17.6. The van der Waals surface area contributed by atoms with Gasteiger partial charge in [-0.25, -0.2) is 4.98 Å². The summed E-state index contributed by atoms with van der Waals surface area (Å²) in [6.07, 6.45) is 1.49. The van der Waals surface area contributed by atoms with Crippen LogP contribution in [-0.4, -0.2) is 23.5 Å². The molecule has 12 heavy (non-hydrogen) atoms. The highest BCUT2D eigenvalue weighted by molar-refractivity contribution is 6.62. The summed E-state index contributed by atoms with van der Waals surface area (Å²) in [5.74, 6) is 0. The van der Waals surface area contributed by atoms with Crippen molar-refractivity contribution in [2.45, 2.75) is 26.2 Å². The van der Waals surface area contributed by atoms with Gasteiger partial charge in [0.2, 0.25) is 0 Å². The third-order valence-corrected chi connectivity index (χ3v) is 1.62. The zero-order valence-corrected chi connectivity index (χ0v) is 7.51. The summed E-state index contributed by atoms with van der Waals surface area (Å²) >= 11 is 0. The molecule has 0 fully saturated rings. The summed E-state index contributed by atoms with van der Waals surface area (Å²) in [6, 6.07) is 0. The van der Waals surface area contributed by atoms with Gasteiger partial charge in [-0.1, -0.05) is 20.8 Å². The van der Waals surface area contributed by atoms with Gasteiger partial charge < -0.3 is 9.78 Å². The van der Waals surface area contributed by atoms with Crippen molar-refractivity contribution in [2.75, 3.05) is 0 Å². The lowest BCUT2D eigenvalue weighted by atomic mass is 9.86. The second-order valence-corrected chi connectivity index (χ2v) is 3.74. The average Bonchev–Trinajstić information content (AvgIpc) is 2.30. The molecule has 0 saturated carbocycles. The quantitative estimate of drug-likeness (QED) is 0.626. The third-order valence-electron chi connectivity index (χ3n) is 1.62. The van der Waals surface area contributed by atoms with E-state index < -0.39 is 5.68 Å². The zero-order valence-electron chi connectivity index (χ0n) is 7.51. The molecular weight excluding hydrogens is 151 g/mol. The Balaban J connectivity index is 3.17. The van der Waals surface area contributed by atoms with Crippen molar-refractivity contribution >= 4 is 13.5 Å². The molecular formula is C8H11BN2O. The average molecular weight is 162 g/mol. The second kappa shape index (κ2) is 2.77. The summed E-state index contributed by atoms with van der Waals surface area (Å²) < 4.78 is 0. The number of nitrogens with one attached hydrogen (secondary N) is 1. The molecule has 4 heteroatoms. The summed E-state index contributed by atoms with van der Waals surface area (Å²) in [6.45, 7) is 5.98. The van der Waals surface area contributed by atoms with Crippen molar-refractivity contribution in [2.24, 2.45) is 0 Å². The number of aromatic amines is 1. The molecule has 0 aromatic carbocycles. The van der Waals surface area contributed by atoms with Crippen LogP contribution in [-0.2, 0) is 5.41 Å². The first-order valence-corrected chi connectivity index (χ1v) is 3.76. The fraction of sp³-hybridized carbons (Fsp3) is 0.500. The van der Waals surface area contributed by atoms with E-state index in [0.29, 0.717) is 5.69 Å². The number of hydrogen-bond acceptors (Lipinski definition) is 2. The highest BCUT2D eigenvalue weighted by Gasteiger charge is 2.21. The maximum Gasteiger partial charge on any atom is 0.177 e. The zero-order chi connectivity index (χ0) is 9.35. The number of rotatable bonds is 1. The number of imidazole rings is 1. The van der Waals surface area contributed by atoms with Gasteiger partial charge in [-0.3, -0.25) is 0 Å². The lowest BCUT2D eigenvalue weighted by Crippen LogP contribution is -2.17. The van der Waals surface area contributed by atoms with Crippen LogP contribution in [0.1, 0.15) is 37.0 Å². The molecule has 1 N–H and O–H groups in total. The van der Waals surface area contributed by atoms with Gasteiger partial charge in [-0.05, 0) is 0 Å². The maximum atomic E-state index is 10.9. The van der Waals surface area contributed by atoms with Gasteiger partial charge in [-0.2, -0.15) is 0 Å². The number of carbonyl (C=O) groups is 1. The number of nitrogens with zero attached hydrogens (tertiary/aromatic N) is 1. The van der Waals surface area contributed by atoms with Crippen molar-refractivity contribution in [3.8, 4) is 0 Å². The van der Waals surface area contributed by atoms with E-state index >= 15 is 0 Å². The van der Waals surface area contributed by atoms with E-state index in [1.165, 1.54) is 6.33 Å². The van der Waals surface area contributed by atoms with E-state index in [1.54, 1.807) is 0 Å². The first-order valence-electron chi connectivity index (χ1n) is 3.76. The number of aromatic nitrogens is 2. The fourth-order valence-corrected chi connectivity index (χ4v) is 1.05. The molecule has 0 atom stereocenters. The van der Waals surface area contributed by atoms with E-state index in [0.717, 1.165) is 5.69 Å². The van der Waals surface area contributed by atoms with Crippen LogP contribution in [0.2, 0.25) is 0 Å². The Bertz CT molecular complexity index is 298. The van der Waals surface area contributed by atoms with Crippen LogP contribution in [0.5, 0.6) is 0 Å². The lowest BCUT2D eigenvalue weighted by Gasteiger charge is -2.17. The van der Waals surface area contributed by atoms with E-state index in [4.69, 9.17) is 7.85 Å². The highest BCUT2D eigenvalue weighted by atomic mass is 16.1. The van der Waals surface area contributed by atoms with Crippen molar-refractivity contribution in [1.29, 1.82) is 0 Å². The summed E-state index contributed by atoms with van der Waals surface area (Å²) in [5, 5.41) is 0. The van der Waals surface area contributed by atoms with Gasteiger partial charge in [0.05, 0.1) is 12.0 Å². The Morgan fingerprint density at radius 2 is 2.17 bits per heavy atom. The van der Waals surface area contributed by atoms with Crippen molar-refractivity contribution < 1.29 is 4.79 Å². The van der Waals surface area contributed by atoms with Crippen LogP contribution in [0, 0.1) is 0 Å². The SMILES string of the molecule is [B]C(=O)c1nc[nH]c1C(C)(C)C. The molecule has 0 aliphatic heterocycles. The molecule has 3 nitrogen and oxygen atoms in total. The fourth-order valence-electron chi connectivity index (χ4n) is 1.05. The van der Waals surface area contributed by atoms with Crippen LogP contribution >= 0.6 is 0 Å². The van der Waals surface area contributed by atoms with Crippen molar-refractivity contribution in [1.82, 2.24) is 9.97 Å². The minimum Gasteiger partial charge on any atom is -0.347 e. The van der Waals surface area contributed by atoms with Gasteiger partial charge in [0.1, 0.15) is 11.4 Å². The van der Waals surface area contributed by atoms with Gasteiger partial charge in [0, 0.05) is 5.41 Å². The molecule has 0 amide bonds. The predicted octanol–water partition coefficient (Wildman–Crippen LogP) is 1.02. The molecule has 1 rings (SSSR count). The normalized spacial score (nSPS) is 11.6. The first kappa shape index (κ1) is 9.04. The number of hydrogen-bond donors (Lipinski definition) is 1. The first-order chi connectivity index (χ1) is 5.43. The van der Waals surface area contributed by atoms with Gasteiger partial charge in [0.15, 0.2) is 7.85 Å². The minimum atomic E-state index is -0.485. The van der Waals surface area contributed by atoms with Crippen LogP contribution in [0.25, 0.3) is 0 Å². The smallest absolute Gasteiger partial charge is 0.177 e. The molecule has 1 heterocycles. The number of carbonyl (C=O) groups excluding carboxylic acids is 1. The van der Waals surface area contributed by atoms with Gasteiger partial charge >= 0.3 is 0 Å². The van der Waals surface area contributed by atoms with Crippen LogP contribution < -0.4 is 0 Å². The standard InChI is InChI=1S/C8H11BN2O/c1-8(2,3)6-5(7(9)12)10-4-11-6/h4H,1-3H3,(H,10,11). The largest absolute Gasteiger partial charge is 0.347 e. The maximum absolute atomic E-state index is 10.9. The highest BCUT2D eigenvalue weighted by Crippen LogP contribution is 2.22. The van der Waals surface area contributed by atoms with E-state index in [-0.39, 0.29) is 5.41 Å². The molecule has 0 bridgehead atoms. The topological polar surface area (TPSA) is 45.8 Å². The summed E-state index contributed by atoms with van der Waals surface area (Å²) in [5.41, 5.74) is 0.514. The molecule has 1 aromatic heterocycles. The molecule has 0 aliphatic carbocycles. The third kappa shape index (κ3) is 1.57. The molecule has 0 unspecified atom stereocenters. The molecule has 2 radical (unpaired) electrons. The summed E-state index contributed by atoms with van der Waals surface area (Å²) in [7, 11) is 5.13. The van der Waals surface area contributed by atoms with Crippen molar-refractivity contribution in [3.05, 3.63) is 17.7 Å². The van der Waals surface area contributed by atoms with E-state index in [2.05, 4.69) is 9.97 Å². The predicted molar refractivity (Wildman–Crippen MR) is 47.4 cm³/mol. The Kier molecular flexibility index (Phi) is 2.09. The van der Waals surface area contributed by atoms with Gasteiger partial charge in [-0.15, -0.1) is 0 Å². The number of H-pyrrole nitrogens is 1. The van der Waals surface area contributed by atoms with E-state index in [1.807, 2.05) is 20.8 Å². The Morgan fingerprint density at radius 1 is 1.58 bits per heavy atom.